The van der Waals surface area contributed by atoms with Crippen molar-refractivity contribution in [1.29, 1.82) is 5.26 Å². The van der Waals surface area contributed by atoms with E-state index in [2.05, 4.69) is 20.9 Å². The number of anilines is 1. The van der Waals surface area contributed by atoms with Crippen molar-refractivity contribution in [3.05, 3.63) is 64.8 Å². The Hall–Kier alpha value is -2.84. The van der Waals surface area contributed by atoms with Crippen molar-refractivity contribution in [3.63, 3.8) is 0 Å². The molecular formula is C18H12BrN3O. The molecule has 4 nitrogen and oxygen atoms in total. The molecule has 1 heterocycles. The van der Waals surface area contributed by atoms with Crippen LogP contribution in [0.1, 0.15) is 5.69 Å². The van der Waals surface area contributed by atoms with Crippen molar-refractivity contribution in [2.45, 2.75) is 0 Å². The SMILES string of the molecule is N#Cc1nc(-c2ccc(O)cc2)cc(-c2ccc(Br)cc2)c1N. The number of aromatic nitrogens is 1. The molecule has 0 aliphatic heterocycles. The van der Waals surface area contributed by atoms with Gasteiger partial charge in [-0.2, -0.15) is 5.26 Å². The number of phenolic OH excluding ortho intramolecular Hbond substituents is 1. The predicted octanol–water partition coefficient (Wildman–Crippen LogP) is 4.34. The first-order valence-electron chi connectivity index (χ1n) is 6.84. The summed E-state index contributed by atoms with van der Waals surface area (Å²) in [4.78, 5) is 4.32. The fraction of sp³-hybridized carbons (Fsp3) is 0. The molecular weight excluding hydrogens is 354 g/mol. The van der Waals surface area contributed by atoms with Crippen molar-refractivity contribution < 1.29 is 5.11 Å². The molecule has 0 aliphatic carbocycles. The maximum Gasteiger partial charge on any atom is 0.164 e. The second-order valence-corrected chi connectivity index (χ2v) is 5.90. The van der Waals surface area contributed by atoms with E-state index in [1.54, 1.807) is 24.3 Å². The van der Waals surface area contributed by atoms with Gasteiger partial charge in [-0.1, -0.05) is 28.1 Å². The van der Waals surface area contributed by atoms with E-state index in [-0.39, 0.29) is 11.4 Å². The van der Waals surface area contributed by atoms with Gasteiger partial charge < -0.3 is 10.8 Å². The van der Waals surface area contributed by atoms with Crippen molar-refractivity contribution in [1.82, 2.24) is 4.98 Å². The predicted molar refractivity (Wildman–Crippen MR) is 93.6 cm³/mol. The Morgan fingerprint density at radius 2 is 1.61 bits per heavy atom. The molecule has 0 spiro atoms. The molecule has 0 saturated carbocycles. The van der Waals surface area contributed by atoms with Crippen LogP contribution in [-0.2, 0) is 0 Å². The zero-order valence-electron chi connectivity index (χ0n) is 12.0. The number of nitrogens with zero attached hydrogens (tertiary/aromatic N) is 2. The molecule has 0 aliphatic rings. The van der Waals surface area contributed by atoms with Crippen LogP contribution in [0.2, 0.25) is 0 Å². The molecule has 0 radical (unpaired) electrons. The lowest BCUT2D eigenvalue weighted by atomic mass is 10.0. The molecule has 1 aromatic heterocycles. The van der Waals surface area contributed by atoms with Gasteiger partial charge in [-0.05, 0) is 48.0 Å². The third-order valence-corrected chi connectivity index (χ3v) is 4.01. The van der Waals surface area contributed by atoms with Crippen LogP contribution in [0.25, 0.3) is 22.4 Å². The zero-order chi connectivity index (χ0) is 16.4. The van der Waals surface area contributed by atoms with Crippen LogP contribution < -0.4 is 5.73 Å². The van der Waals surface area contributed by atoms with Crippen molar-refractivity contribution in [2.75, 3.05) is 5.73 Å². The molecule has 3 rings (SSSR count). The number of halogens is 1. The Labute approximate surface area is 142 Å². The standard InChI is InChI=1S/C18H12BrN3O/c19-13-5-1-11(2-6-13)15-9-16(22-17(10-20)18(15)21)12-3-7-14(23)8-4-12/h1-9,23H,21H2. The lowest BCUT2D eigenvalue weighted by Gasteiger charge is -2.11. The molecule has 112 valence electrons. The van der Waals surface area contributed by atoms with E-state index in [9.17, 15) is 10.4 Å². The molecule has 0 unspecified atom stereocenters. The summed E-state index contributed by atoms with van der Waals surface area (Å²) < 4.78 is 0.966. The van der Waals surface area contributed by atoms with Crippen molar-refractivity contribution in [2.24, 2.45) is 0 Å². The van der Waals surface area contributed by atoms with Gasteiger partial charge in [0.15, 0.2) is 5.69 Å². The largest absolute Gasteiger partial charge is 0.508 e. The number of nitriles is 1. The molecule has 3 aromatic rings. The first kappa shape index (κ1) is 15.1. The van der Waals surface area contributed by atoms with Crippen LogP contribution >= 0.6 is 15.9 Å². The molecule has 23 heavy (non-hydrogen) atoms. The van der Waals surface area contributed by atoms with Gasteiger partial charge in [-0.15, -0.1) is 0 Å². The lowest BCUT2D eigenvalue weighted by Crippen LogP contribution is -1.99. The van der Waals surface area contributed by atoms with Crippen LogP contribution in [0.4, 0.5) is 5.69 Å². The van der Waals surface area contributed by atoms with Crippen LogP contribution in [0.5, 0.6) is 5.75 Å². The minimum absolute atomic E-state index is 0.179. The summed E-state index contributed by atoms with van der Waals surface area (Å²) in [5.74, 6) is 0.179. The number of benzene rings is 2. The van der Waals surface area contributed by atoms with E-state index in [0.717, 1.165) is 21.2 Å². The highest BCUT2D eigenvalue weighted by molar-refractivity contribution is 9.10. The summed E-state index contributed by atoms with van der Waals surface area (Å²) in [5.41, 5.74) is 9.75. The van der Waals surface area contributed by atoms with E-state index in [1.807, 2.05) is 36.4 Å². The van der Waals surface area contributed by atoms with Crippen LogP contribution in [0, 0.1) is 11.3 Å². The number of hydrogen-bond acceptors (Lipinski definition) is 4. The first-order valence-corrected chi connectivity index (χ1v) is 7.64. The molecule has 5 heteroatoms. The summed E-state index contributed by atoms with van der Waals surface area (Å²) in [6, 6.07) is 18.3. The van der Waals surface area contributed by atoms with E-state index in [0.29, 0.717) is 11.4 Å². The minimum Gasteiger partial charge on any atom is -0.508 e. The smallest absolute Gasteiger partial charge is 0.164 e. The van der Waals surface area contributed by atoms with Gasteiger partial charge in [0, 0.05) is 15.6 Å². The molecule has 0 atom stereocenters. The lowest BCUT2D eigenvalue weighted by molar-refractivity contribution is 0.475. The Balaban J connectivity index is 2.20. The van der Waals surface area contributed by atoms with E-state index < -0.39 is 0 Å². The first-order chi connectivity index (χ1) is 11.1. The molecule has 0 saturated heterocycles. The highest BCUT2D eigenvalue weighted by Crippen LogP contribution is 2.33. The van der Waals surface area contributed by atoms with Crippen molar-refractivity contribution >= 4 is 21.6 Å². The van der Waals surface area contributed by atoms with Gasteiger partial charge in [0.05, 0.1) is 11.4 Å². The molecule has 0 bridgehead atoms. The Bertz CT molecular complexity index is 897. The monoisotopic (exact) mass is 365 g/mol. The third-order valence-electron chi connectivity index (χ3n) is 3.48. The van der Waals surface area contributed by atoms with Gasteiger partial charge in [0.1, 0.15) is 11.8 Å². The summed E-state index contributed by atoms with van der Waals surface area (Å²) in [7, 11) is 0. The quantitative estimate of drug-likeness (QED) is 0.707. The molecule has 0 amide bonds. The number of rotatable bonds is 2. The van der Waals surface area contributed by atoms with Crippen LogP contribution in [0.3, 0.4) is 0 Å². The Morgan fingerprint density at radius 1 is 1.00 bits per heavy atom. The number of nitrogen functional groups attached to an aromatic ring is 1. The summed E-state index contributed by atoms with van der Waals surface area (Å²) in [6.07, 6.45) is 0. The molecule has 2 aromatic carbocycles. The Kier molecular flexibility index (Phi) is 4.00. The number of aromatic hydroxyl groups is 1. The normalized spacial score (nSPS) is 10.3. The van der Waals surface area contributed by atoms with Gasteiger partial charge in [-0.25, -0.2) is 4.98 Å². The minimum atomic E-state index is 0.179. The number of pyridine rings is 1. The fourth-order valence-electron chi connectivity index (χ4n) is 2.29. The maximum atomic E-state index is 9.41. The summed E-state index contributed by atoms with van der Waals surface area (Å²) >= 11 is 3.40. The van der Waals surface area contributed by atoms with Crippen LogP contribution in [0.15, 0.2) is 59.1 Å². The van der Waals surface area contributed by atoms with Crippen molar-refractivity contribution in [3.8, 4) is 34.2 Å². The zero-order valence-corrected chi connectivity index (χ0v) is 13.6. The van der Waals surface area contributed by atoms with Crippen LogP contribution in [-0.4, -0.2) is 10.1 Å². The number of phenols is 1. The molecule has 0 fully saturated rings. The van der Waals surface area contributed by atoms with E-state index in [4.69, 9.17) is 5.73 Å². The van der Waals surface area contributed by atoms with E-state index >= 15 is 0 Å². The highest BCUT2D eigenvalue weighted by Gasteiger charge is 2.12. The second-order valence-electron chi connectivity index (χ2n) is 4.98. The van der Waals surface area contributed by atoms with Gasteiger partial charge in [0.25, 0.3) is 0 Å². The second kappa shape index (κ2) is 6.11. The highest BCUT2D eigenvalue weighted by atomic mass is 79.9. The Morgan fingerprint density at radius 3 is 2.22 bits per heavy atom. The summed E-state index contributed by atoms with van der Waals surface area (Å²) in [6.45, 7) is 0. The van der Waals surface area contributed by atoms with Gasteiger partial charge in [0.2, 0.25) is 0 Å². The van der Waals surface area contributed by atoms with Gasteiger partial charge in [-0.3, -0.25) is 0 Å². The fourth-order valence-corrected chi connectivity index (χ4v) is 2.55. The van der Waals surface area contributed by atoms with E-state index in [1.165, 1.54) is 0 Å². The topological polar surface area (TPSA) is 82.9 Å². The summed E-state index contributed by atoms with van der Waals surface area (Å²) in [5, 5.41) is 18.7. The van der Waals surface area contributed by atoms with Gasteiger partial charge >= 0.3 is 0 Å². The third kappa shape index (κ3) is 3.03. The number of nitrogens with two attached hydrogens (primary N) is 1. The average Bonchev–Trinajstić information content (AvgIpc) is 2.57. The number of hydrogen-bond donors (Lipinski definition) is 2. The molecule has 3 N–H and O–H groups in total. The average molecular weight is 366 g/mol. The maximum absolute atomic E-state index is 9.41.